The summed E-state index contributed by atoms with van der Waals surface area (Å²) in [6.45, 7) is 5.87. The van der Waals surface area contributed by atoms with Crippen molar-refractivity contribution in [1.29, 1.82) is 0 Å². The summed E-state index contributed by atoms with van der Waals surface area (Å²) in [5.41, 5.74) is 1.68. The molecule has 0 unspecified atom stereocenters. The number of sulfonamides is 1. The van der Waals surface area contributed by atoms with E-state index in [1.165, 1.54) is 28.8 Å². The minimum atomic E-state index is -4.29. The molecular weight excluding hydrogens is 666 g/mol. The van der Waals surface area contributed by atoms with Gasteiger partial charge in [-0.15, -0.1) is 11.8 Å². The van der Waals surface area contributed by atoms with Gasteiger partial charge in [-0.25, -0.2) is 8.42 Å². The zero-order chi connectivity index (χ0) is 34.7. The van der Waals surface area contributed by atoms with Crippen LogP contribution in [0.5, 0.6) is 5.75 Å². The molecule has 0 aliphatic carbocycles. The van der Waals surface area contributed by atoms with Crippen molar-refractivity contribution < 1.29 is 22.7 Å². The van der Waals surface area contributed by atoms with Gasteiger partial charge in [0.1, 0.15) is 18.3 Å². The van der Waals surface area contributed by atoms with Gasteiger partial charge in [0, 0.05) is 29.4 Å². The van der Waals surface area contributed by atoms with Gasteiger partial charge < -0.3 is 15.0 Å². The highest BCUT2D eigenvalue weighted by Gasteiger charge is 2.35. The van der Waals surface area contributed by atoms with Gasteiger partial charge in [-0.1, -0.05) is 86.1 Å². The molecule has 11 heteroatoms. The number of amides is 2. The van der Waals surface area contributed by atoms with E-state index in [9.17, 15) is 18.0 Å². The van der Waals surface area contributed by atoms with Crippen LogP contribution in [-0.2, 0) is 32.6 Å². The second kappa shape index (κ2) is 17.4. The maximum Gasteiger partial charge on any atom is 0.264 e. The summed E-state index contributed by atoms with van der Waals surface area (Å²) in [6, 6.07) is 28.8. The topological polar surface area (TPSA) is 96.0 Å². The fraction of sp³-hybridized carbons (Fsp3) is 0.297. The second-order valence-corrected chi connectivity index (χ2v) is 14.7. The number of anilines is 1. The number of ether oxygens (including phenoxy) is 1. The number of nitrogens with one attached hydrogen (secondary N) is 1. The van der Waals surface area contributed by atoms with E-state index in [1.807, 2.05) is 56.5 Å². The quantitative estimate of drug-likeness (QED) is 0.125. The van der Waals surface area contributed by atoms with Gasteiger partial charge >= 0.3 is 0 Å². The fourth-order valence-electron chi connectivity index (χ4n) is 5.12. The smallest absolute Gasteiger partial charge is 0.264 e. The number of rotatable bonds is 16. The Kier molecular flexibility index (Phi) is 13.4. The standard InChI is InChI=1S/C37H42ClN3O5S2/c1-5-46-35-18-12-11-17-33(35)41(48(44,45)31-21-19-30(47-4)20-22-31)26-36(42)40(25-29-15-9-10-16-32(29)38)34(37(43)39-24-27(2)3)23-28-13-7-6-8-14-28/h6-22,27,34H,5,23-26H2,1-4H3,(H,39,43)/t34-/m0/s1. The van der Waals surface area contributed by atoms with Gasteiger partial charge in [-0.05, 0) is 72.7 Å². The van der Waals surface area contributed by atoms with Crippen LogP contribution in [0.1, 0.15) is 31.9 Å². The van der Waals surface area contributed by atoms with E-state index in [1.54, 1.807) is 61.5 Å². The van der Waals surface area contributed by atoms with Gasteiger partial charge in [0.2, 0.25) is 11.8 Å². The van der Waals surface area contributed by atoms with Gasteiger partial charge in [0.05, 0.1) is 17.2 Å². The molecule has 1 N–H and O–H groups in total. The van der Waals surface area contributed by atoms with Crippen molar-refractivity contribution >= 4 is 50.9 Å². The molecule has 0 saturated heterocycles. The van der Waals surface area contributed by atoms with E-state index < -0.39 is 28.5 Å². The van der Waals surface area contributed by atoms with E-state index in [0.29, 0.717) is 22.9 Å². The number of benzene rings is 4. The molecule has 0 spiro atoms. The Morgan fingerprint density at radius 3 is 2.19 bits per heavy atom. The highest BCUT2D eigenvalue weighted by atomic mass is 35.5. The minimum absolute atomic E-state index is 0.0193. The van der Waals surface area contributed by atoms with Crippen molar-refractivity contribution in [2.24, 2.45) is 5.92 Å². The second-order valence-electron chi connectivity index (χ2n) is 11.5. The first kappa shape index (κ1) is 36.8. The number of hydrogen-bond donors (Lipinski definition) is 1. The highest BCUT2D eigenvalue weighted by molar-refractivity contribution is 7.98. The number of halogens is 1. The minimum Gasteiger partial charge on any atom is -0.492 e. The van der Waals surface area contributed by atoms with Crippen molar-refractivity contribution in [3.8, 4) is 5.75 Å². The van der Waals surface area contributed by atoms with Crippen LogP contribution in [0.25, 0.3) is 0 Å². The lowest BCUT2D eigenvalue weighted by Gasteiger charge is -2.34. The van der Waals surface area contributed by atoms with Gasteiger partial charge in [0.25, 0.3) is 10.0 Å². The summed E-state index contributed by atoms with van der Waals surface area (Å²) in [5, 5.41) is 3.42. The first-order valence-corrected chi connectivity index (χ1v) is 18.8. The van der Waals surface area contributed by atoms with Crippen molar-refractivity contribution in [3.05, 3.63) is 119 Å². The normalized spacial score (nSPS) is 12.0. The predicted octanol–water partition coefficient (Wildman–Crippen LogP) is 7.07. The summed E-state index contributed by atoms with van der Waals surface area (Å²) < 4.78 is 35.8. The Labute approximate surface area is 293 Å². The van der Waals surface area contributed by atoms with E-state index in [4.69, 9.17) is 16.3 Å². The average molecular weight is 708 g/mol. The number of nitrogens with zero attached hydrogens (tertiary/aromatic N) is 2. The van der Waals surface area contributed by atoms with Gasteiger partial charge in [0.15, 0.2) is 0 Å². The van der Waals surface area contributed by atoms with Crippen molar-refractivity contribution in [1.82, 2.24) is 10.2 Å². The molecule has 2 amide bonds. The summed E-state index contributed by atoms with van der Waals surface area (Å²) in [6.07, 6.45) is 2.11. The largest absolute Gasteiger partial charge is 0.492 e. The molecule has 0 radical (unpaired) electrons. The van der Waals surface area contributed by atoms with Crippen LogP contribution in [0.4, 0.5) is 5.69 Å². The van der Waals surface area contributed by atoms with E-state index >= 15 is 0 Å². The molecule has 48 heavy (non-hydrogen) atoms. The SMILES string of the molecule is CCOc1ccccc1N(CC(=O)N(Cc1ccccc1Cl)[C@@H](Cc1ccccc1)C(=O)NCC(C)C)S(=O)(=O)c1ccc(SC)cc1. The lowest BCUT2D eigenvalue weighted by atomic mass is 10.0. The first-order chi connectivity index (χ1) is 23.0. The monoisotopic (exact) mass is 707 g/mol. The van der Waals surface area contributed by atoms with Crippen LogP contribution in [0, 0.1) is 5.92 Å². The van der Waals surface area contributed by atoms with Crippen LogP contribution in [0.15, 0.2) is 113 Å². The Bertz CT molecular complexity index is 1770. The predicted molar refractivity (Wildman–Crippen MR) is 194 cm³/mol. The lowest BCUT2D eigenvalue weighted by molar-refractivity contribution is -0.140. The van der Waals surface area contributed by atoms with Crippen LogP contribution < -0.4 is 14.4 Å². The number of thioether (sulfide) groups is 1. The molecule has 254 valence electrons. The average Bonchev–Trinajstić information content (AvgIpc) is 3.09. The molecule has 0 bridgehead atoms. The number of carbonyl (C=O) groups is 2. The maximum absolute atomic E-state index is 14.7. The summed E-state index contributed by atoms with van der Waals surface area (Å²) in [7, 11) is -4.29. The molecule has 0 aliphatic heterocycles. The van der Waals surface area contributed by atoms with E-state index in [2.05, 4.69) is 5.32 Å². The van der Waals surface area contributed by atoms with Crippen molar-refractivity contribution in [2.45, 2.75) is 49.6 Å². The molecule has 8 nitrogen and oxygen atoms in total. The summed E-state index contributed by atoms with van der Waals surface area (Å²) >= 11 is 8.08. The third kappa shape index (κ3) is 9.55. The zero-order valence-electron chi connectivity index (χ0n) is 27.6. The molecule has 0 aromatic heterocycles. The van der Waals surface area contributed by atoms with Crippen LogP contribution in [0.3, 0.4) is 0 Å². The molecule has 0 fully saturated rings. The van der Waals surface area contributed by atoms with Crippen LogP contribution >= 0.6 is 23.4 Å². The molecule has 4 aromatic carbocycles. The van der Waals surface area contributed by atoms with Gasteiger partial charge in [-0.2, -0.15) is 0 Å². The Balaban J connectivity index is 1.84. The molecule has 0 saturated carbocycles. The number of para-hydroxylation sites is 2. The highest BCUT2D eigenvalue weighted by Crippen LogP contribution is 2.33. The molecule has 4 rings (SSSR count). The fourth-order valence-corrected chi connectivity index (χ4v) is 7.14. The van der Waals surface area contributed by atoms with Crippen LogP contribution in [0.2, 0.25) is 5.02 Å². The Morgan fingerprint density at radius 2 is 1.54 bits per heavy atom. The van der Waals surface area contributed by atoms with Gasteiger partial charge in [-0.3, -0.25) is 13.9 Å². The number of carbonyl (C=O) groups excluding carboxylic acids is 2. The number of hydrogen-bond acceptors (Lipinski definition) is 6. The summed E-state index contributed by atoms with van der Waals surface area (Å²) in [4.78, 5) is 31.0. The molecular formula is C37H42ClN3O5S2. The Hall–Kier alpha value is -3.99. The van der Waals surface area contributed by atoms with E-state index in [0.717, 1.165) is 14.8 Å². The molecule has 1 atom stereocenters. The lowest BCUT2D eigenvalue weighted by Crippen LogP contribution is -2.53. The maximum atomic E-state index is 14.7. The third-order valence-electron chi connectivity index (χ3n) is 7.61. The Morgan fingerprint density at radius 1 is 0.896 bits per heavy atom. The van der Waals surface area contributed by atoms with Crippen molar-refractivity contribution in [2.75, 3.05) is 30.3 Å². The zero-order valence-corrected chi connectivity index (χ0v) is 30.0. The van der Waals surface area contributed by atoms with E-state index in [-0.39, 0.29) is 42.0 Å². The third-order valence-corrected chi connectivity index (χ3v) is 10.5. The molecule has 0 aliphatic rings. The molecule has 0 heterocycles. The summed E-state index contributed by atoms with van der Waals surface area (Å²) in [5.74, 6) is -0.437. The van der Waals surface area contributed by atoms with Crippen molar-refractivity contribution in [3.63, 3.8) is 0 Å². The molecule has 4 aromatic rings. The first-order valence-electron chi connectivity index (χ1n) is 15.8. The van der Waals surface area contributed by atoms with Crippen LogP contribution in [-0.4, -0.2) is 57.1 Å².